The second-order valence-electron chi connectivity index (χ2n) is 5.77. The summed E-state index contributed by atoms with van der Waals surface area (Å²) in [6.45, 7) is 1.70. The fraction of sp³-hybridized carbons (Fsp3) is 0.105. The third-order valence-corrected chi connectivity index (χ3v) is 4.49. The zero-order valence-electron chi connectivity index (χ0n) is 14.3. The Kier molecular flexibility index (Phi) is 5.93. The maximum atomic E-state index is 12.2. The fourth-order valence-electron chi connectivity index (χ4n) is 2.35. The van der Waals surface area contributed by atoms with Gasteiger partial charge in [-0.1, -0.05) is 32.7 Å². The molecule has 2 amide bonds. The molecule has 1 aromatic heterocycles. The van der Waals surface area contributed by atoms with E-state index >= 15 is 0 Å². The minimum atomic E-state index is -0.498. The maximum Gasteiger partial charge on any atom is 0.273 e. The van der Waals surface area contributed by atoms with Crippen molar-refractivity contribution in [1.29, 1.82) is 0 Å². The second kappa shape index (κ2) is 8.37. The average molecular weight is 449 g/mol. The Bertz CT molecular complexity index is 986. The number of amides is 2. The Balaban J connectivity index is 1.57. The molecule has 0 bridgehead atoms. The van der Waals surface area contributed by atoms with E-state index in [4.69, 9.17) is 16.1 Å². The minimum absolute atomic E-state index is 0.0903. The predicted molar refractivity (Wildman–Crippen MR) is 107 cm³/mol. The molecule has 0 saturated carbocycles. The molecule has 0 spiro atoms. The van der Waals surface area contributed by atoms with E-state index in [9.17, 15) is 9.59 Å². The average Bonchev–Trinajstić information content (AvgIpc) is 3.13. The molecule has 27 heavy (non-hydrogen) atoms. The summed E-state index contributed by atoms with van der Waals surface area (Å²) in [5, 5.41) is 9.61. The topological polar surface area (TPSA) is 84.2 Å². The van der Waals surface area contributed by atoms with Crippen LogP contribution in [0.4, 0.5) is 5.69 Å². The van der Waals surface area contributed by atoms with E-state index in [0.717, 1.165) is 15.6 Å². The van der Waals surface area contributed by atoms with Crippen molar-refractivity contribution < 1.29 is 14.1 Å². The predicted octanol–water partition coefficient (Wildman–Crippen LogP) is 4.43. The molecule has 3 aromatic rings. The number of anilines is 1. The van der Waals surface area contributed by atoms with Crippen LogP contribution in [-0.2, 0) is 4.79 Å². The fourth-order valence-corrected chi connectivity index (χ4v) is 2.95. The number of hydrogen-bond donors (Lipinski definition) is 2. The molecule has 6 nitrogen and oxygen atoms in total. The third-order valence-electron chi connectivity index (χ3n) is 3.74. The number of aromatic nitrogens is 1. The van der Waals surface area contributed by atoms with E-state index in [1.54, 1.807) is 30.3 Å². The van der Waals surface area contributed by atoms with Gasteiger partial charge in [-0.3, -0.25) is 9.59 Å². The minimum Gasteiger partial charge on any atom is -0.355 e. The van der Waals surface area contributed by atoms with Crippen molar-refractivity contribution in [2.75, 3.05) is 11.9 Å². The first-order valence-electron chi connectivity index (χ1n) is 7.99. The Morgan fingerprint density at radius 3 is 2.59 bits per heavy atom. The van der Waals surface area contributed by atoms with E-state index in [0.29, 0.717) is 16.5 Å². The third kappa shape index (κ3) is 4.96. The largest absolute Gasteiger partial charge is 0.355 e. The van der Waals surface area contributed by atoms with Gasteiger partial charge in [0, 0.05) is 26.8 Å². The number of aryl methyl sites for hydroxylation is 1. The van der Waals surface area contributed by atoms with Gasteiger partial charge in [0.05, 0.1) is 6.54 Å². The van der Waals surface area contributed by atoms with Crippen molar-refractivity contribution in [3.05, 3.63) is 69.3 Å². The van der Waals surface area contributed by atoms with Crippen molar-refractivity contribution in [3.63, 3.8) is 0 Å². The van der Waals surface area contributed by atoms with Crippen molar-refractivity contribution in [2.24, 2.45) is 0 Å². The van der Waals surface area contributed by atoms with Gasteiger partial charge in [0.1, 0.15) is 0 Å². The summed E-state index contributed by atoms with van der Waals surface area (Å²) in [6.07, 6.45) is 0. The summed E-state index contributed by atoms with van der Waals surface area (Å²) < 4.78 is 6.11. The highest BCUT2D eigenvalue weighted by Gasteiger charge is 2.15. The first kappa shape index (κ1) is 19.1. The molecule has 0 fully saturated rings. The lowest BCUT2D eigenvalue weighted by atomic mass is 10.1. The molecule has 0 radical (unpaired) electrons. The van der Waals surface area contributed by atoms with Gasteiger partial charge >= 0.3 is 0 Å². The Morgan fingerprint density at radius 2 is 1.89 bits per heavy atom. The zero-order chi connectivity index (χ0) is 19.4. The van der Waals surface area contributed by atoms with Gasteiger partial charge in [0.2, 0.25) is 5.91 Å². The summed E-state index contributed by atoms with van der Waals surface area (Å²) in [7, 11) is 0. The van der Waals surface area contributed by atoms with Crippen molar-refractivity contribution in [1.82, 2.24) is 10.5 Å². The number of rotatable bonds is 5. The van der Waals surface area contributed by atoms with Crippen molar-refractivity contribution in [2.45, 2.75) is 6.92 Å². The highest BCUT2D eigenvalue weighted by molar-refractivity contribution is 9.10. The van der Waals surface area contributed by atoms with Gasteiger partial charge in [0.15, 0.2) is 11.5 Å². The summed E-state index contributed by atoms with van der Waals surface area (Å²) in [5.41, 5.74) is 2.43. The molecular formula is C19H15BrClN3O3. The number of carbonyl (C=O) groups excluding carboxylic acids is 2. The normalized spacial score (nSPS) is 10.5. The van der Waals surface area contributed by atoms with E-state index in [-0.39, 0.29) is 18.1 Å². The van der Waals surface area contributed by atoms with Crippen LogP contribution in [0.1, 0.15) is 16.1 Å². The molecule has 2 aromatic carbocycles. The molecule has 3 rings (SSSR count). The number of nitrogens with zero attached hydrogens (tertiary/aromatic N) is 1. The monoisotopic (exact) mass is 447 g/mol. The molecule has 0 aliphatic heterocycles. The number of hydrogen-bond acceptors (Lipinski definition) is 4. The van der Waals surface area contributed by atoms with E-state index in [1.807, 2.05) is 19.1 Å². The molecule has 1 heterocycles. The van der Waals surface area contributed by atoms with Gasteiger partial charge in [-0.05, 0) is 55.0 Å². The molecule has 0 atom stereocenters. The van der Waals surface area contributed by atoms with Crippen LogP contribution in [0.2, 0.25) is 5.02 Å². The molecule has 0 unspecified atom stereocenters. The van der Waals surface area contributed by atoms with Crippen molar-refractivity contribution >= 4 is 45.0 Å². The van der Waals surface area contributed by atoms with Gasteiger partial charge in [0.25, 0.3) is 5.91 Å². The van der Waals surface area contributed by atoms with Gasteiger partial charge in [-0.15, -0.1) is 0 Å². The van der Waals surface area contributed by atoms with Crippen LogP contribution in [0.5, 0.6) is 0 Å². The van der Waals surface area contributed by atoms with E-state index < -0.39 is 5.91 Å². The summed E-state index contributed by atoms with van der Waals surface area (Å²) in [6, 6.07) is 14.0. The molecule has 0 saturated heterocycles. The summed E-state index contributed by atoms with van der Waals surface area (Å²) >= 11 is 9.22. The lowest BCUT2D eigenvalue weighted by molar-refractivity contribution is -0.115. The Hall–Kier alpha value is -2.64. The Morgan fingerprint density at radius 1 is 1.15 bits per heavy atom. The second-order valence-corrected chi connectivity index (χ2v) is 7.13. The van der Waals surface area contributed by atoms with Crippen LogP contribution >= 0.6 is 27.5 Å². The Labute approximate surface area is 169 Å². The molecule has 138 valence electrons. The highest BCUT2D eigenvalue weighted by atomic mass is 79.9. The van der Waals surface area contributed by atoms with Crippen LogP contribution in [0.3, 0.4) is 0 Å². The van der Waals surface area contributed by atoms with Crippen LogP contribution in [0.15, 0.2) is 57.5 Å². The van der Waals surface area contributed by atoms with Crippen LogP contribution in [0, 0.1) is 6.92 Å². The maximum absolute atomic E-state index is 12.2. The summed E-state index contributed by atoms with van der Waals surface area (Å²) in [5.74, 6) is -0.399. The highest BCUT2D eigenvalue weighted by Crippen LogP contribution is 2.22. The van der Waals surface area contributed by atoms with Crippen molar-refractivity contribution in [3.8, 4) is 11.3 Å². The molecule has 0 aliphatic rings. The SMILES string of the molecule is Cc1cc(Br)ccc1NC(=O)CNC(=O)c1cc(-c2ccc(Cl)cc2)on1. The first-order valence-corrected chi connectivity index (χ1v) is 9.16. The lowest BCUT2D eigenvalue weighted by Gasteiger charge is -2.09. The quantitative estimate of drug-likeness (QED) is 0.604. The van der Waals surface area contributed by atoms with Gasteiger partial charge in [-0.25, -0.2) is 0 Å². The standard InChI is InChI=1S/C19H15BrClN3O3/c1-11-8-13(20)4-7-15(11)23-18(25)10-22-19(26)16-9-17(27-24-16)12-2-5-14(21)6-3-12/h2-9H,10H2,1H3,(H,22,26)(H,23,25). The number of benzene rings is 2. The number of nitrogens with one attached hydrogen (secondary N) is 2. The van der Waals surface area contributed by atoms with Gasteiger partial charge < -0.3 is 15.2 Å². The zero-order valence-corrected chi connectivity index (χ0v) is 16.6. The first-order chi connectivity index (χ1) is 12.9. The molecular weight excluding hydrogens is 434 g/mol. The molecule has 2 N–H and O–H groups in total. The smallest absolute Gasteiger partial charge is 0.273 e. The van der Waals surface area contributed by atoms with Crippen LogP contribution in [-0.4, -0.2) is 23.5 Å². The van der Waals surface area contributed by atoms with E-state index in [2.05, 4.69) is 31.7 Å². The van der Waals surface area contributed by atoms with Crippen LogP contribution in [0.25, 0.3) is 11.3 Å². The van der Waals surface area contributed by atoms with Crippen LogP contribution < -0.4 is 10.6 Å². The molecule has 8 heteroatoms. The molecule has 0 aliphatic carbocycles. The van der Waals surface area contributed by atoms with E-state index in [1.165, 1.54) is 6.07 Å². The summed E-state index contributed by atoms with van der Waals surface area (Å²) in [4.78, 5) is 24.2. The lowest BCUT2D eigenvalue weighted by Crippen LogP contribution is -2.33. The number of carbonyl (C=O) groups is 2. The number of halogens is 2. The van der Waals surface area contributed by atoms with Gasteiger partial charge in [-0.2, -0.15) is 0 Å².